The Morgan fingerprint density at radius 1 is 0.825 bits per heavy atom. The van der Waals surface area contributed by atoms with Gasteiger partial charge in [-0.1, -0.05) is 23.7 Å². The van der Waals surface area contributed by atoms with Crippen LogP contribution in [0.4, 0.5) is 11.6 Å². The van der Waals surface area contributed by atoms with E-state index in [0.29, 0.717) is 16.5 Å². The lowest BCUT2D eigenvalue weighted by Gasteiger charge is -2.35. The summed E-state index contributed by atoms with van der Waals surface area (Å²) >= 11 is 5.99. The fourth-order valence-electron chi connectivity index (χ4n) is 4.73. The summed E-state index contributed by atoms with van der Waals surface area (Å²) in [5.74, 6) is 0.580. The van der Waals surface area contributed by atoms with Crippen LogP contribution >= 0.6 is 48.8 Å². The minimum absolute atomic E-state index is 0. The molecular weight excluding hydrogens is 594 g/mol. The zero-order valence-electron chi connectivity index (χ0n) is 22.2. The van der Waals surface area contributed by atoms with Gasteiger partial charge in [-0.05, 0) is 62.0 Å². The monoisotopic (exact) mass is 628 g/mol. The van der Waals surface area contributed by atoms with E-state index in [-0.39, 0.29) is 43.1 Å². The van der Waals surface area contributed by atoms with E-state index in [1.807, 2.05) is 59.5 Å². The maximum Gasteiger partial charge on any atom is 0.253 e. The van der Waals surface area contributed by atoms with Gasteiger partial charge in [0.1, 0.15) is 0 Å². The number of hydrogen-bond acceptors (Lipinski definition) is 7. The van der Waals surface area contributed by atoms with Gasteiger partial charge in [-0.15, -0.1) is 37.2 Å². The highest BCUT2D eigenvalue weighted by Gasteiger charge is 2.22. The number of piperazine rings is 1. The molecule has 1 amide bonds. The molecule has 0 radical (unpaired) electrons. The number of benzene rings is 2. The lowest BCUT2D eigenvalue weighted by molar-refractivity contribution is 0.0349. The van der Waals surface area contributed by atoms with E-state index < -0.39 is 0 Å². The average Bonchev–Trinajstić information content (AvgIpc) is 2.95. The van der Waals surface area contributed by atoms with Gasteiger partial charge >= 0.3 is 0 Å². The van der Waals surface area contributed by atoms with E-state index in [2.05, 4.69) is 25.1 Å². The number of carbonyl (C=O) groups is 1. The third-order valence-corrected chi connectivity index (χ3v) is 7.15. The topological polar surface area (TPSA) is 73.8 Å². The lowest BCUT2D eigenvalue weighted by Crippen LogP contribution is -2.49. The molecule has 218 valence electrons. The number of aromatic nitrogens is 2. The zero-order valence-corrected chi connectivity index (χ0v) is 25.4. The first-order valence-corrected chi connectivity index (χ1v) is 13.3. The maximum atomic E-state index is 13.1. The third-order valence-electron chi connectivity index (χ3n) is 6.90. The van der Waals surface area contributed by atoms with Crippen molar-refractivity contribution in [2.75, 3.05) is 70.9 Å². The minimum Gasteiger partial charge on any atom is -0.379 e. The summed E-state index contributed by atoms with van der Waals surface area (Å²) in [7, 11) is 0. The summed E-state index contributed by atoms with van der Waals surface area (Å²) in [4.78, 5) is 28.9. The van der Waals surface area contributed by atoms with Crippen LogP contribution in [0, 0.1) is 0 Å². The largest absolute Gasteiger partial charge is 0.379 e. The van der Waals surface area contributed by atoms with E-state index in [1.165, 1.54) is 0 Å². The van der Waals surface area contributed by atoms with E-state index >= 15 is 0 Å². The molecule has 0 bridgehead atoms. The van der Waals surface area contributed by atoms with Crippen LogP contribution in [-0.2, 0) is 4.74 Å². The first kappa shape index (κ1) is 34.0. The second kappa shape index (κ2) is 16.9. The number of amides is 1. The zero-order chi connectivity index (χ0) is 25.5. The first-order chi connectivity index (χ1) is 18.1. The number of anilines is 2. The molecule has 2 fully saturated rings. The predicted octanol–water partition coefficient (Wildman–Crippen LogP) is 5.29. The van der Waals surface area contributed by atoms with E-state index in [0.717, 1.165) is 88.9 Å². The molecule has 0 unspecified atom stereocenters. The molecule has 8 nitrogen and oxygen atoms in total. The second-order valence-corrected chi connectivity index (χ2v) is 9.85. The smallest absolute Gasteiger partial charge is 0.253 e. The van der Waals surface area contributed by atoms with Gasteiger partial charge in [0.05, 0.1) is 18.9 Å². The predicted molar refractivity (Wildman–Crippen MR) is 168 cm³/mol. The molecule has 2 saturated heterocycles. The van der Waals surface area contributed by atoms with E-state index in [9.17, 15) is 4.79 Å². The Hall–Kier alpha value is -2.17. The summed E-state index contributed by atoms with van der Waals surface area (Å²) in [5.41, 5.74) is 3.30. The number of rotatable bonds is 8. The Morgan fingerprint density at radius 2 is 1.45 bits per heavy atom. The fraction of sp³-hybridized carbons (Fsp3) is 0.393. The van der Waals surface area contributed by atoms with Gasteiger partial charge in [0.2, 0.25) is 5.95 Å². The highest BCUT2D eigenvalue weighted by molar-refractivity contribution is 6.30. The third kappa shape index (κ3) is 9.45. The van der Waals surface area contributed by atoms with Crippen LogP contribution in [-0.4, -0.2) is 96.1 Å². The number of nitrogens with zero attached hydrogens (tertiary/aromatic N) is 5. The van der Waals surface area contributed by atoms with E-state index in [4.69, 9.17) is 16.3 Å². The number of morpholine rings is 1. The second-order valence-electron chi connectivity index (χ2n) is 9.42. The number of ether oxygens (including phenoxy) is 1. The van der Waals surface area contributed by atoms with E-state index in [1.54, 1.807) is 6.20 Å². The molecule has 5 rings (SSSR count). The fourth-order valence-corrected chi connectivity index (χ4v) is 4.85. The Kier molecular flexibility index (Phi) is 14.4. The normalized spacial score (nSPS) is 15.8. The SMILES string of the molecule is Cl.Cl.Cl.O=C(c1ccc(Nc2nccc(-c3ccc(Cl)cc3)n2)cc1)N1CCN(CCCN2CCOCC2)CC1. The van der Waals surface area contributed by atoms with Crippen LogP contribution in [0.15, 0.2) is 60.8 Å². The molecule has 40 heavy (non-hydrogen) atoms. The van der Waals surface area contributed by atoms with Crippen LogP contribution in [0.2, 0.25) is 5.02 Å². The Bertz CT molecular complexity index is 1170. The van der Waals surface area contributed by atoms with Gasteiger partial charge in [-0.25, -0.2) is 9.97 Å². The summed E-state index contributed by atoms with van der Waals surface area (Å²) in [5, 5.41) is 3.92. The van der Waals surface area contributed by atoms with Gasteiger partial charge < -0.3 is 15.0 Å². The molecule has 2 aromatic carbocycles. The molecule has 3 aromatic rings. The van der Waals surface area contributed by atoms with Crippen LogP contribution in [0.3, 0.4) is 0 Å². The van der Waals surface area contributed by atoms with Crippen molar-refractivity contribution in [2.24, 2.45) is 0 Å². The Balaban J connectivity index is 0.00000187. The lowest BCUT2D eigenvalue weighted by atomic mass is 10.1. The molecule has 1 N–H and O–H groups in total. The van der Waals surface area contributed by atoms with Gasteiger partial charge in [-0.3, -0.25) is 14.6 Å². The maximum absolute atomic E-state index is 13.1. The Morgan fingerprint density at radius 3 is 2.10 bits per heavy atom. The summed E-state index contributed by atoms with van der Waals surface area (Å²) in [6.45, 7) is 9.38. The molecule has 1 aromatic heterocycles. The van der Waals surface area contributed by atoms with Crippen molar-refractivity contribution >= 4 is 66.4 Å². The molecular formula is C28H36Cl4N6O2. The van der Waals surface area contributed by atoms with Crippen molar-refractivity contribution in [1.29, 1.82) is 0 Å². The molecule has 12 heteroatoms. The van der Waals surface area contributed by atoms with Crippen molar-refractivity contribution in [1.82, 2.24) is 24.7 Å². The van der Waals surface area contributed by atoms with Crippen LogP contribution < -0.4 is 5.32 Å². The van der Waals surface area contributed by atoms with Gasteiger partial charge in [0.15, 0.2) is 0 Å². The van der Waals surface area contributed by atoms with Crippen LogP contribution in [0.25, 0.3) is 11.3 Å². The molecule has 2 aliphatic rings. The molecule has 0 aliphatic carbocycles. The van der Waals surface area contributed by atoms with Crippen LogP contribution in [0.5, 0.6) is 0 Å². The van der Waals surface area contributed by atoms with Crippen molar-refractivity contribution in [2.45, 2.75) is 6.42 Å². The highest BCUT2D eigenvalue weighted by atomic mass is 35.5. The first-order valence-electron chi connectivity index (χ1n) is 12.9. The summed E-state index contributed by atoms with van der Waals surface area (Å²) in [6, 6.07) is 16.9. The van der Waals surface area contributed by atoms with Gasteiger partial charge in [-0.2, -0.15) is 0 Å². The summed E-state index contributed by atoms with van der Waals surface area (Å²) < 4.78 is 5.42. The Labute approximate surface area is 259 Å². The quantitative estimate of drug-likeness (QED) is 0.363. The van der Waals surface area contributed by atoms with Crippen molar-refractivity contribution in [3.05, 3.63) is 71.4 Å². The number of nitrogens with one attached hydrogen (secondary N) is 1. The number of halogens is 4. The van der Waals surface area contributed by atoms with Crippen molar-refractivity contribution in [3.8, 4) is 11.3 Å². The molecule has 0 spiro atoms. The molecule has 0 saturated carbocycles. The molecule has 2 aliphatic heterocycles. The average molecular weight is 630 g/mol. The van der Waals surface area contributed by atoms with Crippen molar-refractivity contribution < 1.29 is 9.53 Å². The van der Waals surface area contributed by atoms with Crippen molar-refractivity contribution in [3.63, 3.8) is 0 Å². The summed E-state index contributed by atoms with van der Waals surface area (Å²) in [6.07, 6.45) is 2.88. The van der Waals surface area contributed by atoms with Gasteiger partial charge in [0, 0.05) is 67.3 Å². The van der Waals surface area contributed by atoms with Gasteiger partial charge in [0.25, 0.3) is 5.91 Å². The highest BCUT2D eigenvalue weighted by Crippen LogP contribution is 2.22. The molecule has 0 atom stereocenters. The standard InChI is InChI=1S/C28H33ClN6O2.3ClH/c29-24-6-2-22(3-7-24)26-10-11-30-28(32-26)31-25-8-4-23(5-9-25)27(36)35-16-14-33(15-17-35)12-1-13-34-18-20-37-21-19-34;;;/h2-11H,1,12-21H2,(H,30,31,32);3*1H. The van der Waals surface area contributed by atoms with Crippen LogP contribution in [0.1, 0.15) is 16.8 Å². The number of hydrogen-bond donors (Lipinski definition) is 1. The minimum atomic E-state index is 0. The number of carbonyl (C=O) groups excluding carboxylic acids is 1. The molecule has 3 heterocycles.